The van der Waals surface area contributed by atoms with E-state index in [1.54, 1.807) is 11.8 Å². The Morgan fingerprint density at radius 1 is 1.50 bits per heavy atom. The van der Waals surface area contributed by atoms with E-state index in [2.05, 4.69) is 13.8 Å². The molecule has 0 spiro atoms. The van der Waals surface area contributed by atoms with Crippen LogP contribution in [0.25, 0.3) is 0 Å². The lowest BCUT2D eigenvalue weighted by Gasteiger charge is -2.13. The molecule has 0 amide bonds. The van der Waals surface area contributed by atoms with Crippen molar-refractivity contribution in [2.24, 2.45) is 0 Å². The van der Waals surface area contributed by atoms with Crippen LogP contribution in [0.1, 0.15) is 13.8 Å². The number of hydrogen-bond acceptors (Lipinski definition) is 3. The van der Waals surface area contributed by atoms with Crippen LogP contribution in [-0.4, -0.2) is 34.9 Å². The fourth-order valence-corrected chi connectivity index (χ4v) is 2.14. The molecule has 3 heteroatoms. The first-order valence-electron chi connectivity index (χ1n) is 3.61. The van der Waals surface area contributed by atoms with Gasteiger partial charge < -0.3 is 9.84 Å². The fraction of sp³-hybridized carbons (Fsp3) is 1.00. The second-order valence-electron chi connectivity index (χ2n) is 2.83. The first kappa shape index (κ1) is 8.37. The van der Waals surface area contributed by atoms with Gasteiger partial charge in [-0.25, -0.2) is 0 Å². The molecule has 0 aliphatic carbocycles. The second kappa shape index (κ2) is 3.60. The molecule has 1 fully saturated rings. The molecule has 0 radical (unpaired) electrons. The predicted molar refractivity (Wildman–Crippen MR) is 43.3 cm³/mol. The summed E-state index contributed by atoms with van der Waals surface area (Å²) in [6.45, 7) is 5.50. The minimum absolute atomic E-state index is 0.243. The molecule has 2 atom stereocenters. The third kappa shape index (κ3) is 2.15. The van der Waals surface area contributed by atoms with Gasteiger partial charge in [-0.05, 0) is 5.25 Å². The molecule has 0 unspecified atom stereocenters. The van der Waals surface area contributed by atoms with Crippen molar-refractivity contribution in [3.63, 3.8) is 0 Å². The average molecular weight is 162 g/mol. The van der Waals surface area contributed by atoms with Gasteiger partial charge in [0.1, 0.15) is 0 Å². The Hall–Kier alpha value is 0.270. The van der Waals surface area contributed by atoms with Crippen LogP contribution in [0.5, 0.6) is 0 Å². The summed E-state index contributed by atoms with van der Waals surface area (Å²) in [6, 6.07) is 0. The number of aliphatic hydroxyl groups excluding tert-OH is 1. The number of hydrogen-bond donors (Lipinski definition) is 1. The second-order valence-corrected chi connectivity index (χ2v) is 4.65. The average Bonchev–Trinajstić information content (AvgIpc) is 2.15. The third-order valence-corrected chi connectivity index (χ3v) is 2.79. The minimum Gasteiger partial charge on any atom is -0.389 e. The van der Waals surface area contributed by atoms with Crippen molar-refractivity contribution in [1.82, 2.24) is 0 Å². The van der Waals surface area contributed by atoms with E-state index in [0.29, 0.717) is 23.7 Å². The topological polar surface area (TPSA) is 29.5 Å². The van der Waals surface area contributed by atoms with Crippen LogP contribution >= 0.6 is 11.8 Å². The summed E-state index contributed by atoms with van der Waals surface area (Å²) in [5, 5.41) is 10.2. The van der Waals surface area contributed by atoms with Crippen molar-refractivity contribution in [2.45, 2.75) is 30.5 Å². The Balaban J connectivity index is 2.26. The Morgan fingerprint density at radius 3 is 2.60 bits per heavy atom. The molecular weight excluding hydrogens is 148 g/mol. The molecular formula is C7H14O2S. The van der Waals surface area contributed by atoms with Crippen molar-refractivity contribution >= 4 is 11.8 Å². The number of aliphatic hydroxyl groups is 1. The first-order valence-corrected chi connectivity index (χ1v) is 4.55. The summed E-state index contributed by atoms with van der Waals surface area (Å²) in [5.41, 5.74) is 0. The van der Waals surface area contributed by atoms with Crippen molar-refractivity contribution in [3.8, 4) is 0 Å². The Bertz CT molecular complexity index is 106. The molecule has 2 nitrogen and oxygen atoms in total. The smallest absolute Gasteiger partial charge is 0.0914 e. The van der Waals surface area contributed by atoms with Crippen LogP contribution in [0.2, 0.25) is 0 Å². The summed E-state index contributed by atoms with van der Waals surface area (Å²) in [4.78, 5) is 0. The summed E-state index contributed by atoms with van der Waals surface area (Å²) in [7, 11) is 0. The molecule has 1 heterocycles. The Morgan fingerprint density at radius 2 is 2.20 bits per heavy atom. The highest BCUT2D eigenvalue weighted by atomic mass is 32.2. The molecule has 10 heavy (non-hydrogen) atoms. The van der Waals surface area contributed by atoms with Crippen molar-refractivity contribution in [1.29, 1.82) is 0 Å². The largest absolute Gasteiger partial charge is 0.389 e. The van der Waals surface area contributed by atoms with E-state index in [0.717, 1.165) is 0 Å². The van der Waals surface area contributed by atoms with E-state index < -0.39 is 0 Å². The zero-order chi connectivity index (χ0) is 7.56. The standard InChI is InChI=1S/C7H14O2S/c1-5(2)10-7-4-9-3-6(7)8/h5-8H,3-4H2,1-2H3/t6-,7+/m1/s1. The normalized spacial score (nSPS) is 33.6. The van der Waals surface area contributed by atoms with E-state index in [-0.39, 0.29) is 6.10 Å². The van der Waals surface area contributed by atoms with Crippen molar-refractivity contribution in [2.75, 3.05) is 13.2 Å². The maximum atomic E-state index is 9.29. The van der Waals surface area contributed by atoms with Crippen LogP contribution in [0.15, 0.2) is 0 Å². The van der Waals surface area contributed by atoms with Gasteiger partial charge in [0.25, 0.3) is 0 Å². The monoisotopic (exact) mass is 162 g/mol. The molecule has 1 aliphatic heterocycles. The van der Waals surface area contributed by atoms with Crippen LogP contribution in [0, 0.1) is 0 Å². The highest BCUT2D eigenvalue weighted by Crippen LogP contribution is 2.24. The van der Waals surface area contributed by atoms with Gasteiger partial charge in [0.05, 0.1) is 24.6 Å². The zero-order valence-electron chi connectivity index (χ0n) is 6.41. The van der Waals surface area contributed by atoms with Gasteiger partial charge in [0.15, 0.2) is 0 Å². The van der Waals surface area contributed by atoms with Gasteiger partial charge in [0.2, 0.25) is 0 Å². The maximum Gasteiger partial charge on any atom is 0.0914 e. The summed E-state index contributed by atoms with van der Waals surface area (Å²) < 4.78 is 5.10. The first-order chi connectivity index (χ1) is 4.70. The Labute approximate surface area is 66.0 Å². The predicted octanol–water partition coefficient (Wildman–Crippen LogP) is 0.888. The van der Waals surface area contributed by atoms with Gasteiger partial charge in [-0.2, -0.15) is 11.8 Å². The fourth-order valence-electron chi connectivity index (χ4n) is 1.00. The molecule has 0 aromatic rings. The van der Waals surface area contributed by atoms with Crippen molar-refractivity contribution in [3.05, 3.63) is 0 Å². The SMILES string of the molecule is CC(C)S[C@H]1COC[C@H]1O. The van der Waals surface area contributed by atoms with Gasteiger partial charge in [-0.15, -0.1) is 0 Å². The molecule has 1 rings (SSSR count). The van der Waals surface area contributed by atoms with E-state index in [1.807, 2.05) is 0 Å². The summed E-state index contributed by atoms with van der Waals surface area (Å²) in [6.07, 6.45) is -0.243. The van der Waals surface area contributed by atoms with Crippen LogP contribution in [-0.2, 0) is 4.74 Å². The number of thioether (sulfide) groups is 1. The summed E-state index contributed by atoms with van der Waals surface area (Å²) >= 11 is 1.80. The van der Waals surface area contributed by atoms with Gasteiger partial charge in [-0.1, -0.05) is 13.8 Å². The lowest BCUT2D eigenvalue weighted by molar-refractivity contribution is 0.127. The Kier molecular flexibility index (Phi) is 3.01. The lowest BCUT2D eigenvalue weighted by Crippen LogP contribution is -2.21. The van der Waals surface area contributed by atoms with Crippen LogP contribution in [0.3, 0.4) is 0 Å². The van der Waals surface area contributed by atoms with E-state index in [9.17, 15) is 5.11 Å². The molecule has 60 valence electrons. The maximum absolute atomic E-state index is 9.29. The quantitative estimate of drug-likeness (QED) is 0.654. The van der Waals surface area contributed by atoms with Gasteiger partial charge in [0, 0.05) is 0 Å². The van der Waals surface area contributed by atoms with Gasteiger partial charge >= 0.3 is 0 Å². The molecule has 0 aromatic heterocycles. The molecule has 1 N–H and O–H groups in total. The number of rotatable bonds is 2. The molecule has 0 bridgehead atoms. The van der Waals surface area contributed by atoms with E-state index in [4.69, 9.17) is 4.74 Å². The highest BCUT2D eigenvalue weighted by Gasteiger charge is 2.26. The molecule has 1 aliphatic rings. The van der Waals surface area contributed by atoms with Crippen LogP contribution in [0.4, 0.5) is 0 Å². The zero-order valence-corrected chi connectivity index (χ0v) is 7.23. The molecule has 1 saturated heterocycles. The highest BCUT2D eigenvalue weighted by molar-refractivity contribution is 8.00. The van der Waals surface area contributed by atoms with Crippen molar-refractivity contribution < 1.29 is 9.84 Å². The summed E-state index contributed by atoms with van der Waals surface area (Å²) in [5.74, 6) is 0. The van der Waals surface area contributed by atoms with E-state index >= 15 is 0 Å². The lowest BCUT2D eigenvalue weighted by atomic mass is 10.3. The third-order valence-electron chi connectivity index (χ3n) is 1.45. The van der Waals surface area contributed by atoms with Crippen LogP contribution < -0.4 is 0 Å². The minimum atomic E-state index is -0.243. The van der Waals surface area contributed by atoms with Gasteiger partial charge in [-0.3, -0.25) is 0 Å². The molecule has 0 saturated carbocycles. The van der Waals surface area contributed by atoms with E-state index in [1.165, 1.54) is 0 Å². The molecule has 0 aromatic carbocycles. The number of ether oxygens (including phenoxy) is 1.